The van der Waals surface area contributed by atoms with Crippen molar-refractivity contribution in [2.24, 2.45) is 17.0 Å². The minimum absolute atomic E-state index is 0.0187. The summed E-state index contributed by atoms with van der Waals surface area (Å²) in [6.07, 6.45) is 20.7. The molecule has 480 valence electrons. The van der Waals surface area contributed by atoms with Crippen LogP contribution in [0.25, 0.3) is 22.6 Å². The number of esters is 2. The SMILES string of the molecule is CC[C@@H](C)/C=C\C[C@H]1OC(C)(C)OC1C/C=C/c1cc(C)cc(C)c1C(=O)OCC[Si](C)(C)C.Cc1cc(C)c(C(=O)OCC[Si](C)(C)C)c(/C=C/CC2OC(C)(C)O[C@@H]2C/C=C\[C@H](C)CN=[N+]=[N-])c1.O=C(O)c1ccccc1.O=C(O)c1ccccc1. The molecule has 2 aliphatic heterocycles. The lowest BCUT2D eigenvalue weighted by atomic mass is 9.97. The van der Waals surface area contributed by atoms with E-state index < -0.39 is 39.7 Å². The molecule has 2 heterocycles. The van der Waals surface area contributed by atoms with Crippen LogP contribution in [0.1, 0.15) is 155 Å². The van der Waals surface area contributed by atoms with Crippen LogP contribution in [0.2, 0.25) is 51.4 Å². The number of rotatable bonds is 25. The third kappa shape index (κ3) is 29.1. The van der Waals surface area contributed by atoms with Gasteiger partial charge in [0, 0.05) is 27.6 Å². The van der Waals surface area contributed by atoms with Crippen LogP contribution in [0.3, 0.4) is 0 Å². The summed E-state index contributed by atoms with van der Waals surface area (Å²) in [6.45, 7) is 37.3. The number of benzene rings is 4. The Morgan fingerprint density at radius 2 is 0.920 bits per heavy atom. The highest BCUT2D eigenvalue weighted by Gasteiger charge is 2.41. The molecule has 4 aromatic carbocycles. The van der Waals surface area contributed by atoms with E-state index in [9.17, 15) is 19.2 Å². The van der Waals surface area contributed by atoms with Gasteiger partial charge in [-0.1, -0.05) is 192 Å². The van der Waals surface area contributed by atoms with Crippen molar-refractivity contribution in [2.75, 3.05) is 19.8 Å². The maximum absolute atomic E-state index is 13.0. The summed E-state index contributed by atoms with van der Waals surface area (Å²) >= 11 is 0. The van der Waals surface area contributed by atoms with E-state index in [0.717, 1.165) is 64.7 Å². The Kier molecular flexibility index (Phi) is 31.5. The zero-order valence-electron chi connectivity index (χ0n) is 55.6. The van der Waals surface area contributed by atoms with Crippen LogP contribution in [0, 0.1) is 39.5 Å². The molecule has 17 heteroatoms. The fourth-order valence-electron chi connectivity index (χ4n) is 9.55. The number of ether oxygens (including phenoxy) is 6. The molecule has 4 aromatic rings. The molecule has 0 aliphatic carbocycles. The summed E-state index contributed by atoms with van der Waals surface area (Å²) in [5.74, 6) is -2.75. The van der Waals surface area contributed by atoms with Crippen LogP contribution >= 0.6 is 0 Å². The summed E-state index contributed by atoms with van der Waals surface area (Å²) in [4.78, 5) is 49.1. The van der Waals surface area contributed by atoms with Gasteiger partial charge in [0.05, 0.1) is 59.9 Å². The van der Waals surface area contributed by atoms with Gasteiger partial charge < -0.3 is 38.6 Å². The number of allylic oxidation sites excluding steroid dienone is 1. The lowest BCUT2D eigenvalue weighted by Crippen LogP contribution is -2.23. The van der Waals surface area contributed by atoms with Gasteiger partial charge in [0.1, 0.15) is 0 Å². The molecule has 0 aromatic heterocycles. The average molecular weight is 1240 g/mol. The Labute approximate surface area is 527 Å². The monoisotopic (exact) mass is 1240 g/mol. The van der Waals surface area contributed by atoms with Gasteiger partial charge in [-0.05, 0) is 157 Å². The summed E-state index contributed by atoms with van der Waals surface area (Å²) in [6, 6.07) is 26.7. The molecule has 2 unspecified atom stereocenters. The highest BCUT2D eigenvalue weighted by molar-refractivity contribution is 6.76. The minimum Gasteiger partial charge on any atom is -0.478 e. The minimum atomic E-state index is -1.28. The average Bonchev–Trinajstić information content (AvgIpc) is 1.46. The van der Waals surface area contributed by atoms with Crippen molar-refractivity contribution in [3.05, 3.63) is 187 Å². The van der Waals surface area contributed by atoms with Gasteiger partial charge in [-0.2, -0.15) is 0 Å². The molecular weight excluding hydrogens is 1140 g/mol. The van der Waals surface area contributed by atoms with Crippen molar-refractivity contribution in [2.45, 2.75) is 196 Å². The fraction of sp³-hybridized carbons (Fsp3) is 0.493. The molecule has 2 aliphatic rings. The first kappa shape index (κ1) is 75.6. The van der Waals surface area contributed by atoms with E-state index in [2.05, 4.69) is 107 Å². The molecule has 6 rings (SSSR count). The molecular formula is C71H101N3O12Si2. The van der Waals surface area contributed by atoms with Crippen LogP contribution in [0.15, 0.2) is 126 Å². The second-order valence-electron chi connectivity index (χ2n) is 26.1. The molecule has 2 fully saturated rings. The zero-order valence-corrected chi connectivity index (χ0v) is 57.6. The van der Waals surface area contributed by atoms with Gasteiger partial charge in [0.2, 0.25) is 0 Å². The quantitative estimate of drug-likeness (QED) is 0.0158. The number of carboxylic acid groups (broad SMARTS) is 2. The van der Waals surface area contributed by atoms with E-state index >= 15 is 0 Å². The van der Waals surface area contributed by atoms with E-state index in [0.29, 0.717) is 60.8 Å². The summed E-state index contributed by atoms with van der Waals surface area (Å²) in [7, 11) is -2.53. The third-order valence-electron chi connectivity index (χ3n) is 14.3. The third-order valence-corrected chi connectivity index (χ3v) is 17.7. The van der Waals surface area contributed by atoms with Crippen molar-refractivity contribution in [3.63, 3.8) is 0 Å². The standard InChI is InChI=1S/C29H46O4Si.C28H43N3O4Si.2C7H6O2/c1-10-21(2)13-11-15-25-26(33-29(5,6)32-25)16-12-14-24-20-22(3)19-23(4)27(24)28(30)31-17-18-34(7,8)9;1-20(19-30-31-29)11-9-13-24-25(35-28(4,5)34-24)14-10-12-23-18-21(2)17-22(3)26(23)27(32)33-15-16-36(6,7)8;2*8-7(9)6-4-2-1-3-5-6/h11-14,19-21,25-26H,10,15-18H2,1-9H3;9-12,17-18,20,24-25H,13-16,19H2,1-8H3;2*1-5H,(H,8,9)/b13-11-,14-12+;11-9-,12-10+;;/t21-,25-,26?;20-,24+,25?;;/m10../s1. The Hall–Kier alpha value is -6.70. The number of aryl methyl sites for hydroxylation is 4. The first-order valence-corrected chi connectivity index (χ1v) is 38.2. The van der Waals surface area contributed by atoms with Crippen molar-refractivity contribution in [1.29, 1.82) is 0 Å². The molecule has 15 nitrogen and oxygen atoms in total. The molecule has 0 bridgehead atoms. The van der Waals surface area contributed by atoms with Crippen LogP contribution in [0.5, 0.6) is 0 Å². The normalized spacial score (nSPS) is 18.5. The maximum atomic E-state index is 13.0. The number of azide groups is 1. The maximum Gasteiger partial charge on any atom is 0.338 e. The van der Waals surface area contributed by atoms with Gasteiger partial charge >= 0.3 is 23.9 Å². The molecule has 0 radical (unpaired) electrons. The van der Waals surface area contributed by atoms with Crippen molar-refractivity contribution in [1.82, 2.24) is 0 Å². The molecule has 0 saturated carbocycles. The smallest absolute Gasteiger partial charge is 0.338 e. The number of aromatic carboxylic acids is 2. The number of carbonyl (C=O) groups excluding carboxylic acids is 2. The van der Waals surface area contributed by atoms with Gasteiger partial charge in [-0.15, -0.1) is 0 Å². The van der Waals surface area contributed by atoms with Crippen LogP contribution < -0.4 is 0 Å². The largest absolute Gasteiger partial charge is 0.478 e. The van der Waals surface area contributed by atoms with E-state index in [1.165, 1.54) is 0 Å². The Morgan fingerprint density at radius 1 is 0.580 bits per heavy atom. The predicted octanol–water partition coefficient (Wildman–Crippen LogP) is 18.1. The molecule has 6 atom stereocenters. The topological polar surface area (TPSA) is 213 Å². The number of carbonyl (C=O) groups is 4. The number of hydrogen-bond acceptors (Lipinski definition) is 11. The molecule has 88 heavy (non-hydrogen) atoms. The Morgan fingerprint density at radius 3 is 1.23 bits per heavy atom. The van der Waals surface area contributed by atoms with Crippen molar-refractivity contribution >= 4 is 52.2 Å². The molecule has 2 saturated heterocycles. The van der Waals surface area contributed by atoms with Crippen LogP contribution in [-0.2, 0) is 28.4 Å². The second-order valence-corrected chi connectivity index (χ2v) is 37.4. The number of carboxylic acids is 2. The number of hydrogen-bond donors (Lipinski definition) is 2. The van der Waals surface area contributed by atoms with Gasteiger partial charge in [0.15, 0.2) is 11.6 Å². The van der Waals surface area contributed by atoms with Crippen LogP contribution in [-0.4, -0.2) is 106 Å². The summed E-state index contributed by atoms with van der Waals surface area (Å²) < 4.78 is 36.0. The fourth-order valence-corrected chi connectivity index (χ4v) is 11.0. The number of nitrogens with zero attached hydrogens (tertiary/aromatic N) is 3. The van der Waals surface area contributed by atoms with Gasteiger partial charge in [0.25, 0.3) is 0 Å². The van der Waals surface area contributed by atoms with Crippen molar-refractivity contribution < 1.29 is 57.8 Å². The highest BCUT2D eigenvalue weighted by Crippen LogP contribution is 2.34. The molecule has 0 amide bonds. The first-order chi connectivity index (χ1) is 41.2. The second kappa shape index (κ2) is 36.7. The van der Waals surface area contributed by atoms with E-state index in [1.807, 2.05) is 91.8 Å². The zero-order chi connectivity index (χ0) is 65.8. The van der Waals surface area contributed by atoms with Crippen molar-refractivity contribution in [3.8, 4) is 0 Å². The molecule has 0 spiro atoms. The summed E-state index contributed by atoms with van der Waals surface area (Å²) in [5.41, 5.74) is 16.3. The predicted molar refractivity (Wildman–Crippen MR) is 361 cm³/mol. The van der Waals surface area contributed by atoms with E-state index in [-0.39, 0.29) is 42.3 Å². The lowest BCUT2D eigenvalue weighted by molar-refractivity contribution is -0.146. The van der Waals surface area contributed by atoms with E-state index in [1.54, 1.807) is 60.7 Å². The van der Waals surface area contributed by atoms with Crippen LogP contribution in [0.4, 0.5) is 0 Å². The van der Waals surface area contributed by atoms with Gasteiger partial charge in [-0.25, -0.2) is 19.2 Å². The molecule has 2 N–H and O–H groups in total. The first-order valence-electron chi connectivity index (χ1n) is 30.8. The highest BCUT2D eigenvalue weighted by atomic mass is 28.3. The Balaban J connectivity index is 0.000000357. The Bertz CT molecular complexity index is 2980. The van der Waals surface area contributed by atoms with E-state index in [4.69, 9.17) is 44.2 Å². The van der Waals surface area contributed by atoms with Gasteiger partial charge in [-0.3, -0.25) is 0 Å². The summed E-state index contributed by atoms with van der Waals surface area (Å²) in [5, 5.41) is 20.4. The lowest BCUT2D eigenvalue weighted by Gasteiger charge is -2.17.